The van der Waals surface area contributed by atoms with Gasteiger partial charge in [-0.25, -0.2) is 0 Å². The van der Waals surface area contributed by atoms with E-state index >= 15 is 0 Å². The Balaban J connectivity index is -0.0000000459. The first-order valence-corrected chi connectivity index (χ1v) is 2.36. The van der Waals surface area contributed by atoms with Gasteiger partial charge in [-0.1, -0.05) is 0 Å². The average Bonchev–Trinajstić information content (AvgIpc) is 1.96. The first kappa shape index (κ1) is 22.6. The van der Waals surface area contributed by atoms with Gasteiger partial charge in [0.2, 0.25) is 0 Å². The molecule has 0 bridgehead atoms. The van der Waals surface area contributed by atoms with Crippen LogP contribution in [0.3, 0.4) is 0 Å². The van der Waals surface area contributed by atoms with E-state index in [2.05, 4.69) is 6.07 Å². The van der Waals surface area contributed by atoms with E-state index in [1.54, 1.807) is 0 Å². The number of benzene rings is 1. The van der Waals surface area contributed by atoms with E-state index in [-0.39, 0.29) is 51.0 Å². The van der Waals surface area contributed by atoms with E-state index in [0.717, 1.165) is 7.11 Å². The first-order chi connectivity index (χ1) is 4.00. The van der Waals surface area contributed by atoms with Crippen LogP contribution >= 0.6 is 24.8 Å². The molecule has 64 valence electrons. The molecule has 0 radical (unpaired) electrons. The summed E-state index contributed by atoms with van der Waals surface area (Å²) in [6.07, 6.45) is 0. The van der Waals surface area contributed by atoms with Crippen LogP contribution in [0.1, 0.15) is 0 Å². The molecular weight excluding hydrogens is 262 g/mol. The average molecular weight is 273 g/mol. The van der Waals surface area contributed by atoms with Gasteiger partial charge in [0.05, 0.1) is 0 Å². The standard InChI is InChI=1S/C6H5.CH4O.2ClH.Zr/c1-2-4-6-5-3-1;1-2;;;/h1-5H;2H,1H3;2*1H;/q-1;;;;. The zero-order valence-corrected chi connectivity index (χ0v) is 10.2. The van der Waals surface area contributed by atoms with Crippen LogP contribution in [0.5, 0.6) is 0 Å². The van der Waals surface area contributed by atoms with E-state index in [1.807, 2.05) is 30.3 Å². The van der Waals surface area contributed by atoms with Gasteiger partial charge in [-0.05, 0) is 0 Å². The van der Waals surface area contributed by atoms with Crippen molar-refractivity contribution in [3.05, 3.63) is 36.4 Å². The molecule has 0 heterocycles. The Morgan fingerprint density at radius 2 is 1.27 bits per heavy atom. The van der Waals surface area contributed by atoms with Crippen LogP contribution in [0.15, 0.2) is 30.3 Å². The van der Waals surface area contributed by atoms with E-state index < -0.39 is 0 Å². The second-order valence-corrected chi connectivity index (χ2v) is 1.08. The van der Waals surface area contributed by atoms with Crippen molar-refractivity contribution in [2.75, 3.05) is 7.11 Å². The van der Waals surface area contributed by atoms with Crippen molar-refractivity contribution < 1.29 is 31.3 Å². The summed E-state index contributed by atoms with van der Waals surface area (Å²) in [4.78, 5) is 0. The molecule has 1 nitrogen and oxygen atoms in total. The number of halogens is 2. The summed E-state index contributed by atoms with van der Waals surface area (Å²) in [6.45, 7) is 0. The quantitative estimate of drug-likeness (QED) is 0.716. The summed E-state index contributed by atoms with van der Waals surface area (Å²) in [7, 11) is 1.00. The summed E-state index contributed by atoms with van der Waals surface area (Å²) in [5, 5.41) is 7.00. The van der Waals surface area contributed by atoms with Crippen LogP contribution in [-0.2, 0) is 26.2 Å². The van der Waals surface area contributed by atoms with Gasteiger partial charge in [-0.3, -0.25) is 0 Å². The maximum absolute atomic E-state index is 7.00. The molecule has 0 spiro atoms. The van der Waals surface area contributed by atoms with Crippen molar-refractivity contribution in [2.24, 2.45) is 0 Å². The smallest absolute Gasteiger partial charge is 0.0319 e. The minimum absolute atomic E-state index is 0. The van der Waals surface area contributed by atoms with Crippen LogP contribution < -0.4 is 0 Å². The van der Waals surface area contributed by atoms with Gasteiger partial charge in [0.15, 0.2) is 0 Å². The summed E-state index contributed by atoms with van der Waals surface area (Å²) in [6, 6.07) is 12.5. The molecule has 0 atom stereocenters. The topological polar surface area (TPSA) is 20.2 Å². The number of hydrogen-bond donors (Lipinski definition) is 1. The van der Waals surface area contributed by atoms with Crippen LogP contribution in [0, 0.1) is 6.07 Å². The van der Waals surface area contributed by atoms with Gasteiger partial charge in [-0.15, -0.1) is 24.8 Å². The van der Waals surface area contributed by atoms with Crippen molar-refractivity contribution in [2.45, 2.75) is 0 Å². The monoisotopic (exact) mass is 271 g/mol. The molecule has 0 fully saturated rings. The summed E-state index contributed by atoms with van der Waals surface area (Å²) in [5.74, 6) is 0. The molecule has 1 aromatic rings. The summed E-state index contributed by atoms with van der Waals surface area (Å²) >= 11 is 0. The van der Waals surface area contributed by atoms with Crippen LogP contribution in [0.2, 0.25) is 0 Å². The predicted octanol–water partition coefficient (Wildman–Crippen LogP) is 1.94. The van der Waals surface area contributed by atoms with Gasteiger partial charge < -0.3 is 5.11 Å². The fourth-order valence-electron chi connectivity index (χ4n) is 0.342. The Morgan fingerprint density at radius 1 is 0.909 bits per heavy atom. The third-order valence-electron chi connectivity index (χ3n) is 0.607. The molecule has 4 heteroatoms. The molecule has 1 aromatic carbocycles. The molecule has 11 heavy (non-hydrogen) atoms. The molecule has 0 aromatic heterocycles. The third-order valence-corrected chi connectivity index (χ3v) is 0.607. The summed E-state index contributed by atoms with van der Waals surface area (Å²) < 4.78 is 0. The number of rotatable bonds is 0. The molecule has 0 saturated heterocycles. The summed E-state index contributed by atoms with van der Waals surface area (Å²) in [5.41, 5.74) is 0. The van der Waals surface area contributed by atoms with E-state index in [1.165, 1.54) is 0 Å². The zero-order chi connectivity index (χ0) is 6.24. The molecule has 0 aliphatic heterocycles. The van der Waals surface area contributed by atoms with Gasteiger partial charge in [-0.2, -0.15) is 36.4 Å². The SMILES string of the molecule is CO.Cl.Cl.[Zr].[c-]1ccccc1. The molecule has 1 rings (SSSR count). The minimum Gasteiger partial charge on any atom is -0.400 e. The number of hydrogen-bond acceptors (Lipinski definition) is 1. The van der Waals surface area contributed by atoms with Gasteiger partial charge in [0, 0.05) is 33.3 Å². The van der Waals surface area contributed by atoms with Crippen molar-refractivity contribution >= 4 is 24.8 Å². The van der Waals surface area contributed by atoms with Crippen molar-refractivity contribution in [3.8, 4) is 0 Å². The van der Waals surface area contributed by atoms with Crippen molar-refractivity contribution in [3.63, 3.8) is 0 Å². The maximum atomic E-state index is 7.00. The largest absolute Gasteiger partial charge is 0.400 e. The van der Waals surface area contributed by atoms with E-state index in [0.29, 0.717) is 0 Å². The van der Waals surface area contributed by atoms with Crippen molar-refractivity contribution in [1.29, 1.82) is 0 Å². The predicted molar refractivity (Wildman–Crippen MR) is 47.9 cm³/mol. The van der Waals surface area contributed by atoms with Gasteiger partial charge in [0.25, 0.3) is 0 Å². The van der Waals surface area contributed by atoms with E-state index in [9.17, 15) is 0 Å². The maximum Gasteiger partial charge on any atom is 0.0319 e. The fraction of sp³-hybridized carbons (Fsp3) is 0.143. The zero-order valence-electron chi connectivity index (χ0n) is 6.15. The second kappa shape index (κ2) is 22.4. The van der Waals surface area contributed by atoms with Gasteiger partial charge >= 0.3 is 0 Å². The Kier molecular flexibility index (Phi) is 46.0. The Bertz CT molecular complexity index is 88.4. The molecule has 0 unspecified atom stereocenters. The van der Waals surface area contributed by atoms with Crippen LogP contribution in [0.25, 0.3) is 0 Å². The molecule has 0 amide bonds. The normalized spacial score (nSPS) is 4.91. The van der Waals surface area contributed by atoms with Gasteiger partial charge in [0.1, 0.15) is 0 Å². The first-order valence-electron chi connectivity index (χ1n) is 2.36. The fourth-order valence-corrected chi connectivity index (χ4v) is 0.342. The molecule has 1 N–H and O–H groups in total. The number of aliphatic hydroxyl groups is 1. The minimum atomic E-state index is 0. The second-order valence-electron chi connectivity index (χ2n) is 1.08. The third kappa shape index (κ3) is 18.0. The molecule has 0 aliphatic carbocycles. The van der Waals surface area contributed by atoms with Crippen molar-refractivity contribution in [1.82, 2.24) is 0 Å². The Morgan fingerprint density at radius 3 is 1.36 bits per heavy atom. The van der Waals surface area contributed by atoms with E-state index in [4.69, 9.17) is 5.11 Å². The Hall–Kier alpha value is 0.643. The van der Waals surface area contributed by atoms with Crippen LogP contribution in [-0.4, -0.2) is 12.2 Å². The molecular formula is C7H11Cl2OZr-. The molecule has 0 saturated carbocycles. The van der Waals surface area contributed by atoms with Crippen LogP contribution in [0.4, 0.5) is 0 Å². The molecule has 0 aliphatic rings. The number of aliphatic hydroxyl groups excluding tert-OH is 1. The Labute approximate surface area is 99.2 Å².